The Hall–Kier alpha value is -5.86. The van der Waals surface area contributed by atoms with Gasteiger partial charge in [0.25, 0.3) is 0 Å². The molecule has 11 atom stereocenters. The van der Waals surface area contributed by atoms with Crippen molar-refractivity contribution in [1.29, 1.82) is 0 Å². The van der Waals surface area contributed by atoms with Gasteiger partial charge >= 0.3 is 0 Å². The number of benzene rings is 3. The van der Waals surface area contributed by atoms with Gasteiger partial charge in [-0.3, -0.25) is 41.4 Å². The van der Waals surface area contributed by atoms with Crippen LogP contribution < -0.4 is 46.9 Å². The minimum atomic E-state index is -1.65. The number of rotatable bonds is 16. The SMILES string of the molecule is NC1NC(=O)C2NCN(c3ccccc3C3c4cc5c(c(OCC(O)CC=O)c4OC4OC(COCC3CCCO)C(O)C(O)C4OCCC3=CCNC(NO)=C3)C(=O)c3cc(CO)ccc3C5=O)C2N1. The van der Waals surface area contributed by atoms with Crippen LogP contribution in [0.3, 0.4) is 0 Å². The summed E-state index contributed by atoms with van der Waals surface area (Å²) in [6, 6.07) is 12.6. The summed E-state index contributed by atoms with van der Waals surface area (Å²) in [5, 5.41) is 76.7. The average molecular weight is 986 g/mol. The van der Waals surface area contributed by atoms with E-state index in [4.69, 9.17) is 29.4 Å². The average Bonchev–Trinajstić information content (AvgIpc) is 3.79. The molecule has 3 aromatic carbocycles. The lowest BCUT2D eigenvalue weighted by Gasteiger charge is -2.42. The molecule has 0 aromatic heterocycles. The van der Waals surface area contributed by atoms with Gasteiger partial charge in [0.15, 0.2) is 23.1 Å². The van der Waals surface area contributed by atoms with Gasteiger partial charge in [0, 0.05) is 53.4 Å². The van der Waals surface area contributed by atoms with E-state index >= 15 is 4.79 Å². The fourth-order valence-electron chi connectivity index (χ4n) is 10.3. The number of nitrogens with two attached hydrogens (primary N) is 1. The Bertz CT molecular complexity index is 2560. The lowest BCUT2D eigenvalue weighted by molar-refractivity contribution is -0.289. The Morgan fingerprint density at radius 1 is 1.00 bits per heavy atom. The number of aldehydes is 1. The summed E-state index contributed by atoms with van der Waals surface area (Å²) in [4.78, 5) is 56.9. The quantitative estimate of drug-likeness (QED) is 0.0464. The molecule has 9 rings (SSSR count). The van der Waals surface area contributed by atoms with Crippen LogP contribution in [0.2, 0.25) is 0 Å². The number of hydrogen-bond acceptors (Lipinski definition) is 21. The predicted molar refractivity (Wildman–Crippen MR) is 249 cm³/mol. The van der Waals surface area contributed by atoms with Crippen LogP contribution in [-0.2, 0) is 30.4 Å². The van der Waals surface area contributed by atoms with Crippen molar-refractivity contribution in [3.05, 3.63) is 111 Å². The van der Waals surface area contributed by atoms with Crippen LogP contribution in [0.25, 0.3) is 0 Å². The molecular formula is C49H59N7O15. The van der Waals surface area contributed by atoms with Crippen molar-refractivity contribution >= 4 is 29.4 Å². The van der Waals surface area contributed by atoms with Crippen molar-refractivity contribution in [2.75, 3.05) is 51.1 Å². The van der Waals surface area contributed by atoms with Gasteiger partial charge in [0.1, 0.15) is 61.6 Å². The van der Waals surface area contributed by atoms with E-state index in [0.717, 1.165) is 5.57 Å². The molecule has 71 heavy (non-hydrogen) atoms. The van der Waals surface area contributed by atoms with Crippen LogP contribution in [-0.4, -0.2) is 156 Å². The molecule has 11 unspecified atom stereocenters. The summed E-state index contributed by atoms with van der Waals surface area (Å²) in [5.74, 6) is -3.16. The Balaban J connectivity index is 1.27. The maximum atomic E-state index is 15.1. The number of ketones is 2. The Kier molecular flexibility index (Phi) is 15.4. The monoisotopic (exact) mass is 985 g/mol. The van der Waals surface area contributed by atoms with Crippen molar-refractivity contribution in [2.24, 2.45) is 11.7 Å². The zero-order valence-corrected chi connectivity index (χ0v) is 38.6. The normalized spacial score (nSPS) is 28.5. The minimum absolute atomic E-state index is 0.0343. The van der Waals surface area contributed by atoms with Crippen molar-refractivity contribution in [2.45, 2.75) is 93.5 Å². The van der Waals surface area contributed by atoms with Gasteiger partial charge in [0.2, 0.25) is 12.2 Å². The van der Waals surface area contributed by atoms with E-state index in [9.17, 15) is 45.1 Å². The molecule has 13 N–H and O–H groups in total. The van der Waals surface area contributed by atoms with Gasteiger partial charge in [-0.2, -0.15) is 0 Å². The smallest absolute Gasteiger partial charge is 0.242 e. The van der Waals surface area contributed by atoms with Gasteiger partial charge in [-0.1, -0.05) is 30.3 Å². The first kappa shape index (κ1) is 50.1. The predicted octanol–water partition coefficient (Wildman–Crippen LogP) is -1.19. The molecule has 0 radical (unpaired) electrons. The molecule has 0 spiro atoms. The number of nitrogens with zero attached hydrogens (tertiary/aromatic N) is 1. The first-order valence-electron chi connectivity index (χ1n) is 23.7. The van der Waals surface area contributed by atoms with Gasteiger partial charge in [-0.25, -0.2) is 0 Å². The molecule has 1 amide bonds. The molecule has 22 heteroatoms. The second-order valence-corrected chi connectivity index (χ2v) is 18.3. The van der Waals surface area contributed by atoms with Gasteiger partial charge in [0.05, 0.1) is 44.8 Å². The van der Waals surface area contributed by atoms with Gasteiger partial charge < -0.3 is 69.5 Å². The first-order valence-corrected chi connectivity index (χ1v) is 23.7. The molecule has 2 bridgehead atoms. The molecule has 380 valence electrons. The zero-order valence-electron chi connectivity index (χ0n) is 38.6. The largest absolute Gasteiger partial charge is 0.486 e. The van der Waals surface area contributed by atoms with Crippen LogP contribution in [0.4, 0.5) is 5.69 Å². The van der Waals surface area contributed by atoms with Crippen molar-refractivity contribution in [1.82, 2.24) is 26.7 Å². The topological polar surface area (TPSA) is 325 Å². The fraction of sp³-hybridized carbons (Fsp3) is 0.469. The molecule has 0 saturated carbocycles. The molecule has 6 aliphatic rings. The number of hydrogen-bond donors (Lipinski definition) is 12. The number of aliphatic hydroxyl groups is 5. The number of nitrogens with one attached hydrogen (secondary N) is 5. The molecule has 1 aliphatic carbocycles. The molecule has 3 fully saturated rings. The van der Waals surface area contributed by atoms with E-state index < -0.39 is 91.9 Å². The summed E-state index contributed by atoms with van der Waals surface area (Å²) in [6.07, 6.45) is -5.78. The molecular weight excluding hydrogens is 927 g/mol. The summed E-state index contributed by atoms with van der Waals surface area (Å²) in [6.45, 7) is -0.959. The second kappa shape index (κ2) is 21.9. The van der Waals surface area contributed by atoms with E-state index in [1.54, 1.807) is 12.1 Å². The number of anilines is 1. The molecule has 22 nitrogen and oxygen atoms in total. The highest BCUT2D eigenvalue weighted by Gasteiger charge is 2.50. The standard InChI is InChI=1S/C49H59N7O15/c50-49-53-46-38(47(65)54-49)52-23-56(46)33-6-2-1-5-29(33)36-26(4-3-13-57)20-67-22-34-41(63)42(64)45(68-15-11-24-9-12-51-35(17-24)55-66)48(70-34)71-43-32(36)18-31-37(44(43)69-21-27(60)10-14-58)40(62)30-16-25(19-59)7-8-28(30)39(31)61/h1-2,5-9,14,16-18,26-27,34,36,38,41-42,45-46,48-49,51-53,55,57,59-60,63-64,66H,3-4,10-13,15,19-23,50H2,(H,54,65). The van der Waals surface area contributed by atoms with E-state index in [1.165, 1.54) is 18.2 Å². The number of amides is 1. The van der Waals surface area contributed by atoms with E-state index in [1.807, 2.05) is 35.2 Å². The molecule has 3 saturated heterocycles. The number of aliphatic hydroxyl groups excluding tert-OH is 5. The maximum Gasteiger partial charge on any atom is 0.242 e. The Labute approximate surface area is 407 Å². The lowest BCUT2D eigenvalue weighted by atomic mass is 9.74. The van der Waals surface area contributed by atoms with E-state index in [-0.39, 0.29) is 97.6 Å². The van der Waals surface area contributed by atoms with Crippen LogP contribution in [0, 0.1) is 5.92 Å². The molecule has 5 aliphatic heterocycles. The second-order valence-electron chi connectivity index (χ2n) is 18.3. The van der Waals surface area contributed by atoms with Gasteiger partial charge in [-0.15, -0.1) is 0 Å². The van der Waals surface area contributed by atoms with E-state index in [0.29, 0.717) is 41.9 Å². The third-order valence-electron chi connectivity index (χ3n) is 13.8. The van der Waals surface area contributed by atoms with E-state index in [2.05, 4.69) is 26.7 Å². The highest BCUT2D eigenvalue weighted by molar-refractivity contribution is 6.29. The molecule has 5 heterocycles. The number of allylic oxidation sites excluding steroid dienone is 1. The van der Waals surface area contributed by atoms with Crippen molar-refractivity contribution < 1.29 is 73.6 Å². The summed E-state index contributed by atoms with van der Waals surface area (Å²) >= 11 is 0. The van der Waals surface area contributed by atoms with Crippen molar-refractivity contribution in [3.63, 3.8) is 0 Å². The first-order chi connectivity index (χ1) is 34.4. The highest BCUT2D eigenvalue weighted by Crippen LogP contribution is 2.52. The van der Waals surface area contributed by atoms with Crippen LogP contribution in [0.5, 0.6) is 11.5 Å². The Morgan fingerprint density at radius 3 is 2.62 bits per heavy atom. The number of fused-ring (bicyclic) bond motifs is 6. The third kappa shape index (κ3) is 10.0. The lowest BCUT2D eigenvalue weighted by Crippen LogP contribution is -2.70. The summed E-state index contributed by atoms with van der Waals surface area (Å²) in [5.41, 5.74) is 10.6. The number of para-hydroxylation sites is 1. The van der Waals surface area contributed by atoms with Crippen molar-refractivity contribution in [3.8, 4) is 11.5 Å². The fourth-order valence-corrected chi connectivity index (χ4v) is 10.3. The van der Waals surface area contributed by atoms with Crippen LogP contribution in [0.15, 0.2) is 72.1 Å². The Morgan fingerprint density at radius 2 is 1.83 bits per heavy atom. The number of ether oxygens (including phenoxy) is 5. The van der Waals surface area contributed by atoms with Crippen LogP contribution in [0.1, 0.15) is 80.1 Å². The third-order valence-corrected chi connectivity index (χ3v) is 13.8. The number of carbonyl (C=O) groups excluding carboxylic acids is 4. The maximum absolute atomic E-state index is 15.1. The minimum Gasteiger partial charge on any atom is -0.486 e. The summed E-state index contributed by atoms with van der Waals surface area (Å²) < 4.78 is 32.7. The highest BCUT2D eigenvalue weighted by atomic mass is 16.7. The number of dihydropyridines is 1. The summed E-state index contributed by atoms with van der Waals surface area (Å²) in [7, 11) is 0. The zero-order chi connectivity index (χ0) is 49.9. The van der Waals surface area contributed by atoms with Gasteiger partial charge in [-0.05, 0) is 72.2 Å². The number of hydroxylamine groups is 1. The molecule has 3 aromatic rings. The number of carbonyl (C=O) groups is 4. The van der Waals surface area contributed by atoms with Crippen LogP contribution >= 0.6 is 0 Å².